The van der Waals surface area contributed by atoms with Crippen LogP contribution in [-0.4, -0.2) is 19.0 Å². The first kappa shape index (κ1) is 14.0. The predicted octanol–water partition coefficient (Wildman–Crippen LogP) is 2.02. The van der Waals surface area contributed by atoms with E-state index in [0.717, 1.165) is 17.9 Å². The number of nitriles is 1. The molecule has 0 aromatic heterocycles. The molecule has 0 aliphatic heterocycles. The molecule has 2 N–H and O–H groups in total. The maximum Gasteiger partial charge on any atom is 0.191 e. The van der Waals surface area contributed by atoms with Crippen molar-refractivity contribution < 1.29 is 0 Å². The third kappa shape index (κ3) is 4.46. The number of hydrogen-bond donors (Lipinski definition) is 2. The van der Waals surface area contributed by atoms with Crippen LogP contribution in [0.3, 0.4) is 0 Å². The summed E-state index contributed by atoms with van der Waals surface area (Å²) in [6.45, 7) is 4.90. The van der Waals surface area contributed by atoms with Crippen LogP contribution < -0.4 is 10.6 Å². The minimum atomic E-state index is 0.390. The quantitative estimate of drug-likeness (QED) is 0.629. The van der Waals surface area contributed by atoms with Crippen molar-refractivity contribution >= 4 is 5.96 Å². The van der Waals surface area contributed by atoms with Crippen LogP contribution in [0.5, 0.6) is 0 Å². The SMILES string of the molecule is CCC(C)NC(=NC)NCc1cccc(C#N)c1. The Balaban J connectivity index is 2.55. The smallest absolute Gasteiger partial charge is 0.191 e. The molecule has 0 spiro atoms. The zero-order valence-corrected chi connectivity index (χ0v) is 11.2. The third-order valence-electron chi connectivity index (χ3n) is 2.74. The van der Waals surface area contributed by atoms with Crippen molar-refractivity contribution in [3.05, 3.63) is 35.4 Å². The van der Waals surface area contributed by atoms with Crippen LogP contribution in [0.2, 0.25) is 0 Å². The lowest BCUT2D eigenvalue weighted by Crippen LogP contribution is -2.41. The summed E-state index contributed by atoms with van der Waals surface area (Å²) < 4.78 is 0. The van der Waals surface area contributed by atoms with E-state index in [4.69, 9.17) is 5.26 Å². The highest BCUT2D eigenvalue weighted by atomic mass is 15.2. The fourth-order valence-electron chi connectivity index (χ4n) is 1.47. The molecule has 1 aromatic rings. The Kier molecular flexibility index (Phi) is 5.72. The average Bonchev–Trinajstić information content (AvgIpc) is 2.43. The summed E-state index contributed by atoms with van der Waals surface area (Å²) in [7, 11) is 1.75. The standard InChI is InChI=1S/C14H20N4/c1-4-11(2)18-14(16-3)17-10-13-7-5-6-12(8-13)9-15/h5-8,11H,4,10H2,1-3H3,(H2,16,17,18). The lowest BCUT2D eigenvalue weighted by molar-refractivity contribution is 0.624. The minimum absolute atomic E-state index is 0.390. The molecule has 0 heterocycles. The summed E-state index contributed by atoms with van der Waals surface area (Å²) in [5.41, 5.74) is 1.75. The Morgan fingerprint density at radius 2 is 2.28 bits per heavy atom. The number of hydrogen-bond acceptors (Lipinski definition) is 2. The molecular formula is C14H20N4. The first-order valence-corrected chi connectivity index (χ1v) is 6.15. The van der Waals surface area contributed by atoms with E-state index in [1.807, 2.05) is 18.2 Å². The van der Waals surface area contributed by atoms with Gasteiger partial charge in [0.2, 0.25) is 0 Å². The van der Waals surface area contributed by atoms with Crippen molar-refractivity contribution in [2.24, 2.45) is 4.99 Å². The van der Waals surface area contributed by atoms with Gasteiger partial charge in [-0.05, 0) is 31.0 Å². The van der Waals surface area contributed by atoms with Crippen molar-refractivity contribution in [3.63, 3.8) is 0 Å². The maximum absolute atomic E-state index is 8.83. The van der Waals surface area contributed by atoms with Crippen molar-refractivity contribution in [2.45, 2.75) is 32.9 Å². The van der Waals surface area contributed by atoms with Gasteiger partial charge in [0.05, 0.1) is 11.6 Å². The molecule has 18 heavy (non-hydrogen) atoms. The van der Waals surface area contributed by atoms with Gasteiger partial charge in [-0.3, -0.25) is 4.99 Å². The lowest BCUT2D eigenvalue weighted by Gasteiger charge is -2.16. The van der Waals surface area contributed by atoms with Gasteiger partial charge in [-0.25, -0.2) is 0 Å². The van der Waals surface area contributed by atoms with E-state index in [0.29, 0.717) is 18.2 Å². The Morgan fingerprint density at radius 3 is 2.89 bits per heavy atom. The van der Waals surface area contributed by atoms with Crippen molar-refractivity contribution in [2.75, 3.05) is 7.05 Å². The van der Waals surface area contributed by atoms with Crippen LogP contribution in [0.4, 0.5) is 0 Å². The second-order valence-corrected chi connectivity index (χ2v) is 4.19. The molecular weight excluding hydrogens is 224 g/mol. The third-order valence-corrected chi connectivity index (χ3v) is 2.74. The topological polar surface area (TPSA) is 60.2 Å². The number of rotatable bonds is 4. The zero-order chi connectivity index (χ0) is 13.4. The van der Waals surface area contributed by atoms with E-state index in [9.17, 15) is 0 Å². The Hall–Kier alpha value is -2.02. The number of nitrogens with zero attached hydrogens (tertiary/aromatic N) is 2. The summed E-state index contributed by atoms with van der Waals surface area (Å²) in [5, 5.41) is 15.4. The molecule has 0 bridgehead atoms. The molecule has 0 fully saturated rings. The summed E-state index contributed by atoms with van der Waals surface area (Å²) >= 11 is 0. The van der Waals surface area contributed by atoms with Gasteiger partial charge in [0.15, 0.2) is 5.96 Å². The maximum atomic E-state index is 8.83. The van der Waals surface area contributed by atoms with Gasteiger partial charge < -0.3 is 10.6 Å². The zero-order valence-electron chi connectivity index (χ0n) is 11.2. The fourth-order valence-corrected chi connectivity index (χ4v) is 1.47. The van der Waals surface area contributed by atoms with Gasteiger partial charge in [-0.15, -0.1) is 0 Å². The predicted molar refractivity (Wildman–Crippen MR) is 74.2 cm³/mol. The van der Waals surface area contributed by atoms with Crippen molar-refractivity contribution in [1.29, 1.82) is 5.26 Å². The molecule has 1 unspecified atom stereocenters. The van der Waals surface area contributed by atoms with Gasteiger partial charge in [0, 0.05) is 19.6 Å². The van der Waals surface area contributed by atoms with E-state index in [-0.39, 0.29) is 0 Å². The van der Waals surface area contributed by atoms with E-state index < -0.39 is 0 Å². The average molecular weight is 244 g/mol. The van der Waals surface area contributed by atoms with Crippen LogP contribution in [-0.2, 0) is 6.54 Å². The van der Waals surface area contributed by atoms with Crippen LogP contribution in [0, 0.1) is 11.3 Å². The number of aliphatic imine (C=N–C) groups is 1. The second kappa shape index (κ2) is 7.33. The lowest BCUT2D eigenvalue weighted by atomic mass is 10.1. The minimum Gasteiger partial charge on any atom is -0.354 e. The molecule has 1 atom stereocenters. The summed E-state index contributed by atoms with van der Waals surface area (Å²) in [6, 6.07) is 10.1. The molecule has 0 amide bonds. The van der Waals surface area contributed by atoms with Gasteiger partial charge in [-0.2, -0.15) is 5.26 Å². The van der Waals surface area contributed by atoms with Gasteiger partial charge in [-0.1, -0.05) is 19.1 Å². The monoisotopic (exact) mass is 244 g/mol. The molecule has 4 nitrogen and oxygen atoms in total. The largest absolute Gasteiger partial charge is 0.354 e. The fraction of sp³-hybridized carbons (Fsp3) is 0.429. The van der Waals surface area contributed by atoms with Gasteiger partial charge in [0.1, 0.15) is 0 Å². The summed E-state index contributed by atoms with van der Waals surface area (Å²) in [4.78, 5) is 4.16. The van der Waals surface area contributed by atoms with Crippen LogP contribution >= 0.6 is 0 Å². The van der Waals surface area contributed by atoms with Gasteiger partial charge >= 0.3 is 0 Å². The normalized spacial score (nSPS) is 12.7. The first-order valence-electron chi connectivity index (χ1n) is 6.15. The molecule has 96 valence electrons. The van der Waals surface area contributed by atoms with Gasteiger partial charge in [0.25, 0.3) is 0 Å². The Labute approximate surface area is 109 Å². The molecule has 0 saturated heterocycles. The Bertz CT molecular complexity index is 445. The van der Waals surface area contributed by atoms with E-state index in [1.54, 1.807) is 13.1 Å². The first-order chi connectivity index (χ1) is 8.69. The highest BCUT2D eigenvalue weighted by molar-refractivity contribution is 5.79. The molecule has 0 aliphatic rings. The van der Waals surface area contributed by atoms with E-state index >= 15 is 0 Å². The molecule has 1 rings (SSSR count). The molecule has 0 aliphatic carbocycles. The molecule has 1 aromatic carbocycles. The Morgan fingerprint density at radius 1 is 1.50 bits per heavy atom. The number of guanidine groups is 1. The summed E-state index contributed by atoms with van der Waals surface area (Å²) in [6.07, 6.45) is 1.05. The summed E-state index contributed by atoms with van der Waals surface area (Å²) in [5.74, 6) is 0.784. The second-order valence-electron chi connectivity index (χ2n) is 4.19. The number of nitrogens with one attached hydrogen (secondary N) is 2. The molecule has 4 heteroatoms. The van der Waals surface area contributed by atoms with Crippen LogP contribution in [0.1, 0.15) is 31.4 Å². The van der Waals surface area contributed by atoms with Crippen LogP contribution in [0.15, 0.2) is 29.3 Å². The number of benzene rings is 1. The van der Waals surface area contributed by atoms with Crippen molar-refractivity contribution in [3.8, 4) is 6.07 Å². The molecule has 0 radical (unpaired) electrons. The van der Waals surface area contributed by atoms with E-state index in [1.165, 1.54) is 0 Å². The highest BCUT2D eigenvalue weighted by Gasteiger charge is 2.02. The van der Waals surface area contributed by atoms with Crippen LogP contribution in [0.25, 0.3) is 0 Å². The van der Waals surface area contributed by atoms with Crippen molar-refractivity contribution in [1.82, 2.24) is 10.6 Å². The highest BCUT2D eigenvalue weighted by Crippen LogP contribution is 2.03. The van der Waals surface area contributed by atoms with E-state index in [2.05, 4.69) is 35.5 Å². The molecule has 0 saturated carbocycles.